The van der Waals surface area contributed by atoms with E-state index < -0.39 is 11.9 Å². The van der Waals surface area contributed by atoms with Crippen molar-refractivity contribution in [3.8, 4) is 5.75 Å². The van der Waals surface area contributed by atoms with Crippen molar-refractivity contribution in [2.24, 2.45) is 5.92 Å². The SMILES string of the molecule is CC(=O)O.CCCCCCCCCC(C)C=O.COC(=O)c1ccccc1O.O=C1CCCCCCCCCCCC(=O)OCCO1. The molecule has 0 spiro atoms. The minimum atomic E-state index is -0.833. The Labute approximate surface area is 282 Å². The van der Waals surface area contributed by atoms with Crippen LogP contribution in [0.3, 0.4) is 0 Å². The third-order valence-corrected chi connectivity index (χ3v) is 7.18. The van der Waals surface area contributed by atoms with E-state index in [9.17, 15) is 19.2 Å². The normalized spacial score (nSPS) is 15.1. The standard InChI is InChI=1S/C15H26O4.C12H24O.C8H8O3.C2H4O2/c16-14-10-8-6-4-2-1-3-5-7-9-11-15(17)19-13-12-18-14;1-3-4-5-6-7-8-9-10-12(2)11-13;1-11-8(10)6-4-2-3-5-7(6)9;1-2(3)4/h1-13H2;11-12H,3-10H2,1-2H3;2-5,9H,1H3;1H3,(H,3,4). The summed E-state index contributed by atoms with van der Waals surface area (Å²) in [6.45, 7) is 5.70. The smallest absolute Gasteiger partial charge is 0.341 e. The minimum absolute atomic E-state index is 0.0562. The highest BCUT2D eigenvalue weighted by atomic mass is 16.6. The summed E-state index contributed by atoms with van der Waals surface area (Å²) < 4.78 is 14.4. The molecule has 1 unspecified atom stereocenters. The summed E-state index contributed by atoms with van der Waals surface area (Å²) in [5, 5.41) is 16.5. The van der Waals surface area contributed by atoms with Crippen LogP contribution in [0.4, 0.5) is 0 Å². The Morgan fingerprint density at radius 1 is 0.809 bits per heavy atom. The number of benzene rings is 1. The molecule has 0 bridgehead atoms. The number of hydrogen-bond acceptors (Lipinski definition) is 9. The number of carbonyl (C=O) groups excluding carboxylic acids is 4. The first kappa shape index (κ1) is 45.7. The van der Waals surface area contributed by atoms with Crippen LogP contribution in [0, 0.1) is 5.92 Å². The number of cyclic esters (lactones) is 2. The van der Waals surface area contributed by atoms with Crippen molar-refractivity contribution in [1.82, 2.24) is 0 Å². The van der Waals surface area contributed by atoms with Crippen LogP contribution in [0.2, 0.25) is 0 Å². The highest BCUT2D eigenvalue weighted by molar-refractivity contribution is 5.92. The number of aldehydes is 1. The van der Waals surface area contributed by atoms with Crippen molar-refractivity contribution in [2.45, 2.75) is 143 Å². The quantitative estimate of drug-likeness (QED) is 0.107. The number of ether oxygens (including phenoxy) is 3. The van der Waals surface area contributed by atoms with Crippen LogP contribution < -0.4 is 0 Å². The monoisotopic (exact) mass is 666 g/mol. The summed E-state index contributed by atoms with van der Waals surface area (Å²) in [6.07, 6.45) is 22.6. The largest absolute Gasteiger partial charge is 0.507 e. The number of esters is 3. The van der Waals surface area contributed by atoms with Gasteiger partial charge in [0.25, 0.3) is 5.97 Å². The second kappa shape index (κ2) is 33.9. The Morgan fingerprint density at radius 2 is 1.23 bits per heavy atom. The number of hydrogen-bond donors (Lipinski definition) is 2. The third kappa shape index (κ3) is 33.7. The number of rotatable bonds is 10. The zero-order chi connectivity index (χ0) is 35.5. The lowest BCUT2D eigenvalue weighted by molar-refractivity contribution is -0.152. The molecule has 10 nitrogen and oxygen atoms in total. The number of carboxylic acid groups (broad SMARTS) is 1. The molecule has 1 aromatic carbocycles. The fraction of sp³-hybridized carbons (Fsp3) is 0.703. The van der Waals surface area contributed by atoms with E-state index >= 15 is 0 Å². The lowest BCUT2D eigenvalue weighted by Gasteiger charge is -2.06. The predicted octanol–water partition coefficient (Wildman–Crippen LogP) is 8.61. The minimum Gasteiger partial charge on any atom is -0.507 e. The van der Waals surface area contributed by atoms with Crippen LogP contribution in [0.15, 0.2) is 24.3 Å². The zero-order valence-electron chi connectivity index (χ0n) is 29.5. The third-order valence-electron chi connectivity index (χ3n) is 7.18. The Kier molecular flexibility index (Phi) is 33.0. The van der Waals surface area contributed by atoms with Gasteiger partial charge in [-0.1, -0.05) is 116 Å². The summed E-state index contributed by atoms with van der Waals surface area (Å²) in [5.74, 6) is -1.50. The number of carboxylic acids is 1. The number of phenols is 1. The van der Waals surface area contributed by atoms with Crippen molar-refractivity contribution < 1.29 is 48.4 Å². The zero-order valence-corrected chi connectivity index (χ0v) is 29.5. The van der Waals surface area contributed by atoms with Crippen LogP contribution in [0.25, 0.3) is 0 Å². The van der Waals surface area contributed by atoms with Gasteiger partial charge in [0.05, 0.1) is 7.11 Å². The van der Waals surface area contributed by atoms with Crippen molar-refractivity contribution >= 4 is 30.2 Å². The molecule has 2 rings (SSSR count). The number of aromatic hydroxyl groups is 1. The molecule has 270 valence electrons. The molecular weight excluding hydrogens is 604 g/mol. The van der Waals surface area contributed by atoms with E-state index in [1.165, 1.54) is 96.3 Å². The van der Waals surface area contributed by atoms with Gasteiger partial charge < -0.3 is 29.2 Å². The van der Waals surface area contributed by atoms with E-state index in [-0.39, 0.29) is 42.4 Å². The number of methoxy groups -OCH3 is 1. The molecule has 0 aliphatic carbocycles. The molecule has 0 radical (unpaired) electrons. The summed E-state index contributed by atoms with van der Waals surface area (Å²) in [7, 11) is 1.27. The van der Waals surface area contributed by atoms with Crippen LogP contribution in [-0.4, -0.2) is 60.7 Å². The number of aliphatic carboxylic acids is 1. The fourth-order valence-electron chi connectivity index (χ4n) is 4.48. The summed E-state index contributed by atoms with van der Waals surface area (Å²) >= 11 is 0. The Bertz CT molecular complexity index is 917. The summed E-state index contributed by atoms with van der Waals surface area (Å²) in [5.41, 5.74) is 0.190. The number of para-hydroxylation sites is 1. The highest BCUT2D eigenvalue weighted by Crippen LogP contribution is 2.16. The number of carbonyl (C=O) groups is 5. The molecule has 1 aliphatic rings. The topological polar surface area (TPSA) is 153 Å². The Balaban J connectivity index is 0. The second-order valence-corrected chi connectivity index (χ2v) is 11.7. The fourth-order valence-corrected chi connectivity index (χ4v) is 4.48. The van der Waals surface area contributed by atoms with Crippen molar-refractivity contribution in [3.63, 3.8) is 0 Å². The second-order valence-electron chi connectivity index (χ2n) is 11.7. The van der Waals surface area contributed by atoms with Gasteiger partial charge in [-0.15, -0.1) is 0 Å². The van der Waals surface area contributed by atoms with Crippen molar-refractivity contribution in [1.29, 1.82) is 0 Å². The van der Waals surface area contributed by atoms with Crippen molar-refractivity contribution in [3.05, 3.63) is 29.8 Å². The maximum absolute atomic E-state index is 11.3. The first-order chi connectivity index (χ1) is 22.6. The lowest BCUT2D eigenvalue weighted by Crippen LogP contribution is -2.13. The average molecular weight is 667 g/mol. The molecular formula is C37H62O10. The molecule has 1 heterocycles. The molecule has 0 amide bonds. The van der Waals surface area contributed by atoms with Crippen LogP contribution in [0.5, 0.6) is 5.75 Å². The molecule has 1 fully saturated rings. The van der Waals surface area contributed by atoms with E-state index in [4.69, 9.17) is 24.5 Å². The number of unbranched alkanes of at least 4 members (excludes halogenated alkanes) is 6. The van der Waals surface area contributed by atoms with E-state index in [1.54, 1.807) is 12.1 Å². The van der Waals surface area contributed by atoms with Crippen LogP contribution in [-0.2, 0) is 33.4 Å². The first-order valence-electron chi connectivity index (χ1n) is 17.4. The van der Waals surface area contributed by atoms with Crippen molar-refractivity contribution in [2.75, 3.05) is 20.3 Å². The molecule has 1 saturated heterocycles. The van der Waals surface area contributed by atoms with Crippen LogP contribution in [0.1, 0.15) is 153 Å². The van der Waals surface area contributed by atoms with Gasteiger partial charge in [0.2, 0.25) is 0 Å². The lowest BCUT2D eigenvalue weighted by atomic mass is 10.0. The molecule has 10 heteroatoms. The summed E-state index contributed by atoms with van der Waals surface area (Å²) in [6, 6.07) is 6.24. The van der Waals surface area contributed by atoms with E-state index in [2.05, 4.69) is 11.7 Å². The maximum Gasteiger partial charge on any atom is 0.341 e. The van der Waals surface area contributed by atoms with Crippen LogP contribution >= 0.6 is 0 Å². The van der Waals surface area contributed by atoms with Gasteiger partial charge >= 0.3 is 17.9 Å². The Morgan fingerprint density at radius 3 is 1.66 bits per heavy atom. The van der Waals surface area contributed by atoms with Gasteiger partial charge in [-0.25, -0.2) is 4.79 Å². The molecule has 1 aliphatic heterocycles. The average Bonchev–Trinajstić information content (AvgIpc) is 3.05. The summed E-state index contributed by atoms with van der Waals surface area (Å²) in [4.78, 5) is 52.9. The molecule has 1 atom stereocenters. The highest BCUT2D eigenvalue weighted by Gasteiger charge is 2.09. The number of phenolic OH excluding ortho intramolecular Hbond substituents is 1. The van der Waals surface area contributed by atoms with Gasteiger partial charge in [0.15, 0.2) is 0 Å². The molecule has 2 N–H and O–H groups in total. The van der Waals surface area contributed by atoms with Gasteiger partial charge in [-0.05, 0) is 31.4 Å². The molecule has 0 saturated carbocycles. The first-order valence-corrected chi connectivity index (χ1v) is 17.4. The van der Waals surface area contributed by atoms with E-state index in [1.807, 2.05) is 6.92 Å². The molecule has 0 aromatic heterocycles. The van der Waals surface area contributed by atoms with Gasteiger partial charge in [-0.3, -0.25) is 14.4 Å². The van der Waals surface area contributed by atoms with E-state index in [0.717, 1.165) is 45.3 Å². The van der Waals surface area contributed by atoms with Gasteiger partial charge in [0, 0.05) is 25.7 Å². The van der Waals surface area contributed by atoms with Gasteiger partial charge in [0.1, 0.15) is 30.8 Å². The molecule has 1 aromatic rings. The molecule has 47 heavy (non-hydrogen) atoms. The Hall–Kier alpha value is -3.43. The maximum atomic E-state index is 11.3. The van der Waals surface area contributed by atoms with Gasteiger partial charge in [-0.2, -0.15) is 0 Å². The predicted molar refractivity (Wildman–Crippen MR) is 183 cm³/mol. The van der Waals surface area contributed by atoms with E-state index in [0.29, 0.717) is 12.8 Å².